The van der Waals surface area contributed by atoms with Gasteiger partial charge in [0.1, 0.15) is 0 Å². The summed E-state index contributed by atoms with van der Waals surface area (Å²) in [4.78, 5) is 2.24. The van der Waals surface area contributed by atoms with E-state index in [0.29, 0.717) is 6.04 Å². The highest BCUT2D eigenvalue weighted by Crippen LogP contribution is 2.33. The maximum absolute atomic E-state index is 11.2. The number of benzene rings is 1. The van der Waals surface area contributed by atoms with E-state index in [4.69, 9.17) is 10.7 Å². The molecule has 0 aliphatic carbocycles. The summed E-state index contributed by atoms with van der Waals surface area (Å²) in [5.74, 6) is 0. The molecule has 5 heteroatoms. The van der Waals surface area contributed by atoms with E-state index in [2.05, 4.69) is 11.8 Å². The van der Waals surface area contributed by atoms with Crippen LogP contribution in [-0.4, -0.2) is 21.5 Å². The summed E-state index contributed by atoms with van der Waals surface area (Å²) < 4.78 is 22.3. The number of hydrogen-bond acceptors (Lipinski definition) is 3. The van der Waals surface area contributed by atoms with Crippen LogP contribution in [0.1, 0.15) is 12.5 Å². The minimum Gasteiger partial charge on any atom is -0.371 e. The summed E-state index contributed by atoms with van der Waals surface area (Å²) in [7, 11) is 3.64. The van der Waals surface area contributed by atoms with Crippen LogP contribution in [0.25, 0.3) is 0 Å². The van der Waals surface area contributed by atoms with Crippen LogP contribution in [-0.2, 0) is 15.5 Å². The minimum atomic E-state index is -3.62. The van der Waals surface area contributed by atoms with Crippen LogP contribution >= 0.6 is 10.7 Å². The summed E-state index contributed by atoms with van der Waals surface area (Å²) in [5, 5.41) is 0. The lowest BCUT2D eigenvalue weighted by molar-refractivity contribution is 0.609. The topological polar surface area (TPSA) is 37.4 Å². The summed E-state index contributed by atoms with van der Waals surface area (Å²) in [5.41, 5.74) is 2.14. The Morgan fingerprint density at radius 3 is 2.73 bits per heavy atom. The van der Waals surface area contributed by atoms with Crippen molar-refractivity contribution < 1.29 is 8.42 Å². The van der Waals surface area contributed by atoms with Crippen molar-refractivity contribution in [2.24, 2.45) is 0 Å². The molecule has 15 heavy (non-hydrogen) atoms. The molecule has 82 valence electrons. The highest BCUT2D eigenvalue weighted by molar-refractivity contribution is 8.13. The Labute approximate surface area is 94.1 Å². The van der Waals surface area contributed by atoms with E-state index >= 15 is 0 Å². The zero-order valence-electron chi connectivity index (χ0n) is 8.57. The summed E-state index contributed by atoms with van der Waals surface area (Å²) in [6, 6.07) is 5.45. The van der Waals surface area contributed by atoms with Gasteiger partial charge in [0.25, 0.3) is 9.05 Å². The Morgan fingerprint density at radius 1 is 1.47 bits per heavy atom. The normalized spacial score (nSPS) is 20.5. The van der Waals surface area contributed by atoms with Gasteiger partial charge in [0, 0.05) is 29.5 Å². The van der Waals surface area contributed by atoms with E-state index in [0.717, 1.165) is 12.1 Å². The van der Waals surface area contributed by atoms with E-state index < -0.39 is 9.05 Å². The van der Waals surface area contributed by atoms with Crippen LogP contribution in [0.4, 0.5) is 5.69 Å². The first-order valence-corrected chi connectivity index (χ1v) is 7.01. The molecule has 0 saturated carbocycles. The number of fused-ring (bicyclic) bond motifs is 1. The van der Waals surface area contributed by atoms with Gasteiger partial charge >= 0.3 is 0 Å². The molecular formula is C10H12ClNO2S. The summed E-state index contributed by atoms with van der Waals surface area (Å²) in [6.07, 6.45) is 0.953. The molecule has 0 spiro atoms. The van der Waals surface area contributed by atoms with Gasteiger partial charge in [-0.3, -0.25) is 0 Å². The Hall–Kier alpha value is -0.740. The smallest absolute Gasteiger partial charge is 0.261 e. The number of nitrogens with zero attached hydrogens (tertiary/aromatic N) is 1. The van der Waals surface area contributed by atoms with Crippen molar-refractivity contribution in [1.29, 1.82) is 0 Å². The fraction of sp³-hybridized carbons (Fsp3) is 0.400. The second-order valence-corrected chi connectivity index (χ2v) is 6.46. The Balaban J connectivity index is 2.54. The highest BCUT2D eigenvalue weighted by atomic mass is 35.7. The quantitative estimate of drug-likeness (QED) is 0.711. The molecule has 0 amide bonds. The molecule has 0 bridgehead atoms. The van der Waals surface area contributed by atoms with E-state index in [1.165, 1.54) is 5.56 Å². The first kappa shape index (κ1) is 10.8. The van der Waals surface area contributed by atoms with Crippen LogP contribution in [0, 0.1) is 0 Å². The van der Waals surface area contributed by atoms with Crippen LogP contribution in [0.2, 0.25) is 0 Å². The van der Waals surface area contributed by atoms with Crippen molar-refractivity contribution in [2.45, 2.75) is 24.3 Å². The monoisotopic (exact) mass is 245 g/mol. The number of anilines is 1. The van der Waals surface area contributed by atoms with Crippen molar-refractivity contribution in [1.82, 2.24) is 0 Å². The third-order valence-corrected chi connectivity index (χ3v) is 4.25. The molecule has 0 saturated heterocycles. The van der Waals surface area contributed by atoms with Gasteiger partial charge in [-0.2, -0.15) is 0 Å². The standard InChI is InChI=1S/C10H12ClNO2S/c1-7-5-8-3-4-9(15(11,13)14)6-10(8)12(7)2/h3-4,6-7H,5H2,1-2H3. The zero-order chi connectivity index (χ0) is 11.2. The van der Waals surface area contributed by atoms with E-state index in [-0.39, 0.29) is 4.90 Å². The highest BCUT2D eigenvalue weighted by Gasteiger charge is 2.24. The van der Waals surface area contributed by atoms with Crippen molar-refractivity contribution in [3.05, 3.63) is 23.8 Å². The summed E-state index contributed by atoms with van der Waals surface area (Å²) >= 11 is 0. The molecule has 1 unspecified atom stereocenters. The SMILES string of the molecule is CC1Cc2ccc(S(=O)(=O)Cl)cc2N1C. The van der Waals surface area contributed by atoms with Crippen LogP contribution in [0.15, 0.2) is 23.1 Å². The molecule has 0 aromatic heterocycles. The van der Waals surface area contributed by atoms with Gasteiger partial charge in [-0.05, 0) is 31.0 Å². The zero-order valence-corrected chi connectivity index (χ0v) is 10.1. The average molecular weight is 246 g/mol. The van der Waals surface area contributed by atoms with E-state index in [1.54, 1.807) is 12.1 Å². The van der Waals surface area contributed by atoms with Crippen molar-refractivity contribution in [3.63, 3.8) is 0 Å². The second-order valence-electron chi connectivity index (χ2n) is 3.89. The maximum Gasteiger partial charge on any atom is 0.261 e. The Bertz CT molecular complexity index is 498. The van der Waals surface area contributed by atoms with Crippen LogP contribution in [0.5, 0.6) is 0 Å². The van der Waals surface area contributed by atoms with Gasteiger partial charge in [-0.25, -0.2) is 8.42 Å². The second kappa shape index (κ2) is 3.39. The van der Waals surface area contributed by atoms with Gasteiger partial charge in [0.15, 0.2) is 0 Å². The molecule has 2 rings (SSSR count). The number of likely N-dealkylation sites (N-methyl/N-ethyl adjacent to an activating group) is 1. The number of hydrogen-bond donors (Lipinski definition) is 0. The average Bonchev–Trinajstić information content (AvgIpc) is 2.41. The van der Waals surface area contributed by atoms with Crippen LogP contribution < -0.4 is 4.90 Å². The molecule has 0 radical (unpaired) electrons. The Kier molecular flexibility index (Phi) is 2.43. The molecule has 1 heterocycles. The van der Waals surface area contributed by atoms with Gasteiger partial charge in [-0.15, -0.1) is 0 Å². The van der Waals surface area contributed by atoms with Crippen molar-refractivity contribution in [2.75, 3.05) is 11.9 Å². The molecule has 1 aliphatic rings. The molecule has 1 aliphatic heterocycles. The minimum absolute atomic E-state index is 0.170. The first-order chi connectivity index (χ1) is 6.89. The van der Waals surface area contributed by atoms with Gasteiger partial charge in [-0.1, -0.05) is 6.07 Å². The predicted molar refractivity (Wildman–Crippen MR) is 61.0 cm³/mol. The predicted octanol–water partition coefficient (Wildman–Crippen LogP) is 1.99. The van der Waals surface area contributed by atoms with Crippen molar-refractivity contribution >= 4 is 25.4 Å². The fourth-order valence-electron chi connectivity index (χ4n) is 1.89. The molecular weight excluding hydrogens is 234 g/mol. The van der Waals surface area contributed by atoms with Gasteiger partial charge < -0.3 is 4.90 Å². The molecule has 1 aromatic rings. The number of halogens is 1. The molecule has 3 nitrogen and oxygen atoms in total. The molecule has 1 aromatic carbocycles. The maximum atomic E-state index is 11.2. The van der Waals surface area contributed by atoms with E-state index in [9.17, 15) is 8.42 Å². The number of rotatable bonds is 1. The Morgan fingerprint density at radius 2 is 2.13 bits per heavy atom. The van der Waals surface area contributed by atoms with Gasteiger partial charge in [0.2, 0.25) is 0 Å². The van der Waals surface area contributed by atoms with Gasteiger partial charge in [0.05, 0.1) is 4.90 Å². The van der Waals surface area contributed by atoms with Crippen molar-refractivity contribution in [3.8, 4) is 0 Å². The lowest BCUT2D eigenvalue weighted by atomic mass is 10.1. The summed E-state index contributed by atoms with van der Waals surface area (Å²) in [6.45, 7) is 2.11. The molecule has 1 atom stereocenters. The lowest BCUT2D eigenvalue weighted by Gasteiger charge is -2.18. The first-order valence-electron chi connectivity index (χ1n) is 4.70. The largest absolute Gasteiger partial charge is 0.371 e. The third kappa shape index (κ3) is 1.84. The molecule has 0 N–H and O–H groups in total. The lowest BCUT2D eigenvalue weighted by Crippen LogP contribution is -2.23. The van der Waals surface area contributed by atoms with Crippen LogP contribution in [0.3, 0.4) is 0 Å². The van der Waals surface area contributed by atoms with E-state index in [1.807, 2.05) is 13.1 Å². The fourth-order valence-corrected chi connectivity index (χ4v) is 2.66. The third-order valence-electron chi connectivity index (χ3n) is 2.89. The molecule has 0 fully saturated rings.